The van der Waals surface area contributed by atoms with Crippen LogP contribution in [-0.4, -0.2) is 12.2 Å². The third kappa shape index (κ3) is 4.76. The maximum Gasteiger partial charge on any atom is 0.255 e. The van der Waals surface area contributed by atoms with Crippen LogP contribution in [0.3, 0.4) is 0 Å². The third-order valence-electron chi connectivity index (χ3n) is 3.80. The summed E-state index contributed by atoms with van der Waals surface area (Å²) in [5.74, 6) is -1.14. The number of carbonyl (C=O) groups excluding carboxylic acids is 2. The Labute approximate surface area is 154 Å². The van der Waals surface area contributed by atoms with E-state index in [0.29, 0.717) is 5.56 Å². The topological polar surface area (TPSA) is 55.4 Å². The van der Waals surface area contributed by atoms with Gasteiger partial charge in [-0.15, -0.1) is 0 Å². The molecule has 0 heterocycles. The standard InChI is InChI=1S/C21H15F2NO3/c22-16-5-8-18(9-6-16)27-20-11-17(23)7-10-19(20)21(26)24-12-14-1-3-15(13-25)4-2-14/h1-11,13H,12H2,(H,24,26). The van der Waals surface area contributed by atoms with Gasteiger partial charge in [0.1, 0.15) is 29.4 Å². The van der Waals surface area contributed by atoms with Gasteiger partial charge in [-0.3, -0.25) is 9.59 Å². The Morgan fingerprint density at radius 1 is 0.926 bits per heavy atom. The summed E-state index contributed by atoms with van der Waals surface area (Å²) in [7, 11) is 0. The second-order valence-electron chi connectivity index (χ2n) is 5.74. The molecule has 3 aromatic carbocycles. The monoisotopic (exact) mass is 367 g/mol. The van der Waals surface area contributed by atoms with Crippen LogP contribution in [0.4, 0.5) is 8.78 Å². The van der Waals surface area contributed by atoms with Crippen molar-refractivity contribution in [2.75, 3.05) is 0 Å². The Balaban J connectivity index is 1.75. The van der Waals surface area contributed by atoms with Crippen LogP contribution in [0.15, 0.2) is 66.7 Å². The molecule has 3 rings (SSSR count). The summed E-state index contributed by atoms with van der Waals surface area (Å²) in [4.78, 5) is 23.2. The van der Waals surface area contributed by atoms with E-state index in [1.165, 1.54) is 30.3 Å². The summed E-state index contributed by atoms with van der Waals surface area (Å²) < 4.78 is 32.1. The first-order valence-electron chi connectivity index (χ1n) is 8.10. The Morgan fingerprint density at radius 2 is 1.59 bits per heavy atom. The molecule has 0 saturated carbocycles. The minimum Gasteiger partial charge on any atom is -0.456 e. The second kappa shape index (κ2) is 8.23. The van der Waals surface area contributed by atoms with Crippen LogP contribution in [-0.2, 0) is 6.54 Å². The first-order valence-corrected chi connectivity index (χ1v) is 8.10. The van der Waals surface area contributed by atoms with Gasteiger partial charge in [0.15, 0.2) is 0 Å². The van der Waals surface area contributed by atoms with Crippen LogP contribution < -0.4 is 10.1 Å². The van der Waals surface area contributed by atoms with Gasteiger partial charge >= 0.3 is 0 Å². The van der Waals surface area contributed by atoms with Gasteiger partial charge in [-0.2, -0.15) is 0 Å². The number of aldehydes is 1. The molecule has 0 atom stereocenters. The molecule has 0 saturated heterocycles. The minimum absolute atomic E-state index is 0.0235. The summed E-state index contributed by atoms with van der Waals surface area (Å²) in [6, 6.07) is 15.5. The zero-order valence-corrected chi connectivity index (χ0v) is 14.1. The molecular formula is C21H15F2NO3. The molecule has 1 amide bonds. The lowest BCUT2D eigenvalue weighted by atomic mass is 10.1. The van der Waals surface area contributed by atoms with E-state index in [0.717, 1.165) is 24.0 Å². The molecule has 0 fully saturated rings. The molecule has 0 aliphatic heterocycles. The average molecular weight is 367 g/mol. The Hall–Kier alpha value is -3.54. The maximum atomic E-state index is 13.6. The molecule has 1 N–H and O–H groups in total. The molecule has 0 radical (unpaired) electrons. The van der Waals surface area contributed by atoms with Crippen LogP contribution in [0, 0.1) is 11.6 Å². The average Bonchev–Trinajstić information content (AvgIpc) is 2.68. The van der Waals surface area contributed by atoms with Crippen molar-refractivity contribution in [2.45, 2.75) is 6.54 Å². The van der Waals surface area contributed by atoms with Crippen molar-refractivity contribution in [1.29, 1.82) is 0 Å². The van der Waals surface area contributed by atoms with Gasteiger partial charge in [0.05, 0.1) is 5.56 Å². The number of amides is 1. The normalized spacial score (nSPS) is 10.3. The van der Waals surface area contributed by atoms with Gasteiger partial charge in [-0.1, -0.05) is 24.3 Å². The van der Waals surface area contributed by atoms with Crippen LogP contribution >= 0.6 is 0 Å². The number of halogens is 2. The van der Waals surface area contributed by atoms with Crippen LogP contribution in [0.25, 0.3) is 0 Å². The van der Waals surface area contributed by atoms with Gasteiger partial charge < -0.3 is 10.1 Å². The lowest BCUT2D eigenvalue weighted by Crippen LogP contribution is -2.23. The van der Waals surface area contributed by atoms with Gasteiger partial charge in [-0.25, -0.2) is 8.78 Å². The third-order valence-corrected chi connectivity index (χ3v) is 3.80. The van der Waals surface area contributed by atoms with Crippen molar-refractivity contribution in [1.82, 2.24) is 5.32 Å². The van der Waals surface area contributed by atoms with Crippen molar-refractivity contribution in [2.24, 2.45) is 0 Å². The lowest BCUT2D eigenvalue weighted by Gasteiger charge is -2.12. The van der Waals surface area contributed by atoms with Crippen LogP contribution in [0.5, 0.6) is 11.5 Å². The highest BCUT2D eigenvalue weighted by atomic mass is 19.1. The van der Waals surface area contributed by atoms with Crippen LogP contribution in [0.1, 0.15) is 26.3 Å². The van der Waals surface area contributed by atoms with Crippen molar-refractivity contribution in [3.05, 3.63) is 95.1 Å². The van der Waals surface area contributed by atoms with Gasteiger partial charge in [0, 0.05) is 18.2 Å². The van der Waals surface area contributed by atoms with E-state index in [2.05, 4.69) is 5.32 Å². The van der Waals surface area contributed by atoms with E-state index in [9.17, 15) is 18.4 Å². The molecule has 0 aromatic heterocycles. The predicted octanol–water partition coefficient (Wildman–Crippen LogP) is 4.50. The Morgan fingerprint density at radius 3 is 2.26 bits per heavy atom. The zero-order valence-electron chi connectivity index (χ0n) is 14.1. The van der Waals surface area contributed by atoms with E-state index in [4.69, 9.17) is 4.74 Å². The van der Waals surface area contributed by atoms with E-state index in [1.807, 2.05) is 0 Å². The SMILES string of the molecule is O=Cc1ccc(CNC(=O)c2ccc(F)cc2Oc2ccc(F)cc2)cc1. The van der Waals surface area contributed by atoms with Crippen molar-refractivity contribution in [3.8, 4) is 11.5 Å². The summed E-state index contributed by atoms with van der Waals surface area (Å²) >= 11 is 0. The maximum absolute atomic E-state index is 13.6. The fourth-order valence-corrected chi connectivity index (χ4v) is 2.39. The van der Waals surface area contributed by atoms with Gasteiger partial charge in [0.2, 0.25) is 0 Å². The van der Waals surface area contributed by atoms with Crippen molar-refractivity contribution < 1.29 is 23.1 Å². The highest BCUT2D eigenvalue weighted by Crippen LogP contribution is 2.26. The van der Waals surface area contributed by atoms with Crippen molar-refractivity contribution >= 4 is 12.2 Å². The van der Waals surface area contributed by atoms with E-state index in [-0.39, 0.29) is 23.6 Å². The summed E-state index contributed by atoms with van der Waals surface area (Å²) in [6.45, 7) is 0.228. The number of benzene rings is 3. The van der Waals surface area contributed by atoms with Crippen molar-refractivity contribution in [3.63, 3.8) is 0 Å². The van der Waals surface area contributed by atoms with E-state index < -0.39 is 17.5 Å². The largest absolute Gasteiger partial charge is 0.456 e. The Bertz CT molecular complexity index is 954. The number of rotatable bonds is 6. The minimum atomic E-state index is -0.562. The number of carbonyl (C=O) groups is 2. The Kier molecular flexibility index (Phi) is 5.56. The molecule has 0 aliphatic carbocycles. The predicted molar refractivity (Wildman–Crippen MR) is 95.9 cm³/mol. The molecule has 0 unspecified atom stereocenters. The molecule has 0 bridgehead atoms. The highest BCUT2D eigenvalue weighted by molar-refractivity contribution is 5.97. The second-order valence-corrected chi connectivity index (χ2v) is 5.74. The molecule has 6 heteroatoms. The summed E-state index contributed by atoms with van der Waals surface area (Å²) in [6.07, 6.45) is 0.736. The highest BCUT2D eigenvalue weighted by Gasteiger charge is 2.14. The fourth-order valence-electron chi connectivity index (χ4n) is 2.39. The number of nitrogens with one attached hydrogen (secondary N) is 1. The molecule has 0 spiro atoms. The quantitative estimate of drug-likeness (QED) is 0.653. The smallest absolute Gasteiger partial charge is 0.255 e. The number of hydrogen-bond acceptors (Lipinski definition) is 3. The van der Waals surface area contributed by atoms with E-state index in [1.54, 1.807) is 24.3 Å². The summed E-state index contributed by atoms with van der Waals surface area (Å²) in [5.41, 5.74) is 1.49. The molecule has 0 aliphatic rings. The van der Waals surface area contributed by atoms with E-state index >= 15 is 0 Å². The number of ether oxygens (including phenoxy) is 1. The summed E-state index contributed by atoms with van der Waals surface area (Å²) in [5, 5.41) is 2.72. The lowest BCUT2D eigenvalue weighted by molar-refractivity contribution is 0.0948. The molecular weight excluding hydrogens is 352 g/mol. The van der Waals surface area contributed by atoms with Gasteiger partial charge in [-0.05, 0) is 42.0 Å². The number of hydrogen-bond donors (Lipinski definition) is 1. The zero-order chi connectivity index (χ0) is 19.2. The first kappa shape index (κ1) is 18.3. The molecule has 27 heavy (non-hydrogen) atoms. The molecule has 136 valence electrons. The molecule has 4 nitrogen and oxygen atoms in total. The van der Waals surface area contributed by atoms with Crippen LogP contribution in [0.2, 0.25) is 0 Å². The van der Waals surface area contributed by atoms with Gasteiger partial charge in [0.25, 0.3) is 5.91 Å². The molecule has 3 aromatic rings. The fraction of sp³-hybridized carbons (Fsp3) is 0.0476. The first-order chi connectivity index (χ1) is 13.0.